The Morgan fingerprint density at radius 2 is 1.86 bits per heavy atom. The van der Waals surface area contributed by atoms with E-state index in [1.807, 2.05) is 43.3 Å². The lowest BCUT2D eigenvalue weighted by Crippen LogP contribution is -2.35. The molecule has 194 valence electrons. The second-order valence-corrected chi connectivity index (χ2v) is 9.65. The van der Waals surface area contributed by atoms with E-state index in [0.717, 1.165) is 29.5 Å². The number of ether oxygens (including phenoxy) is 3. The van der Waals surface area contributed by atoms with E-state index in [2.05, 4.69) is 6.08 Å². The monoisotopic (exact) mass is 540 g/mol. The number of benzene rings is 2. The van der Waals surface area contributed by atoms with Gasteiger partial charge in [0.1, 0.15) is 31.0 Å². The molecule has 2 aliphatic rings. The van der Waals surface area contributed by atoms with Gasteiger partial charge in [0.2, 0.25) is 5.91 Å². The molecule has 1 amide bonds. The molecule has 0 fully saturated rings. The zero-order valence-electron chi connectivity index (χ0n) is 20.7. The number of aryl methyl sites for hydroxylation is 1. The van der Waals surface area contributed by atoms with Crippen molar-refractivity contribution in [1.29, 1.82) is 0 Å². The molecule has 37 heavy (non-hydrogen) atoms. The number of carbonyl (C=O) groups is 1. The Hall–Kier alpha value is -3.19. The van der Waals surface area contributed by atoms with Crippen LogP contribution in [0.15, 0.2) is 84.6 Å². The summed E-state index contributed by atoms with van der Waals surface area (Å²) >= 11 is 12.4. The number of carbonyl (C=O) groups excluding carboxylic acids is 1. The number of hydrogen-bond acceptors (Lipinski definition) is 5. The molecule has 1 aliphatic heterocycles. The molecular weight excluding hydrogens is 511 g/mol. The first-order chi connectivity index (χ1) is 17.9. The average Bonchev–Trinajstić information content (AvgIpc) is 2.91. The van der Waals surface area contributed by atoms with Gasteiger partial charge in [0, 0.05) is 12.7 Å². The summed E-state index contributed by atoms with van der Waals surface area (Å²) < 4.78 is 17.1. The van der Waals surface area contributed by atoms with E-state index in [-0.39, 0.29) is 18.4 Å². The van der Waals surface area contributed by atoms with Crippen LogP contribution in [0.4, 0.5) is 0 Å². The highest BCUT2D eigenvalue weighted by Crippen LogP contribution is 2.34. The fourth-order valence-electron chi connectivity index (χ4n) is 4.09. The Labute approximate surface area is 227 Å². The van der Waals surface area contributed by atoms with Crippen molar-refractivity contribution in [2.75, 3.05) is 19.8 Å². The largest absolute Gasteiger partial charge is 0.490 e. The van der Waals surface area contributed by atoms with Crippen molar-refractivity contribution in [2.45, 2.75) is 26.2 Å². The highest BCUT2D eigenvalue weighted by Gasteiger charge is 2.24. The summed E-state index contributed by atoms with van der Waals surface area (Å²) in [5.74, 6) is 1.40. The lowest BCUT2D eigenvalue weighted by Gasteiger charge is -2.25. The molecule has 1 aliphatic carbocycles. The van der Waals surface area contributed by atoms with Crippen LogP contribution >= 0.6 is 23.2 Å². The minimum Gasteiger partial charge on any atom is -0.490 e. The summed E-state index contributed by atoms with van der Waals surface area (Å²) in [6, 6.07) is 11.2. The Bertz CT molecular complexity index is 1210. The molecule has 1 unspecified atom stereocenters. The maximum Gasteiger partial charge on any atom is 0.235 e. The second kappa shape index (κ2) is 12.9. The first kappa shape index (κ1) is 26.9. The van der Waals surface area contributed by atoms with Crippen molar-refractivity contribution in [1.82, 2.24) is 4.90 Å². The van der Waals surface area contributed by atoms with Gasteiger partial charge in [-0.05, 0) is 67.2 Å². The molecule has 2 aromatic rings. The predicted octanol–water partition coefficient (Wildman–Crippen LogP) is 6.32. The van der Waals surface area contributed by atoms with Crippen LogP contribution in [0.2, 0.25) is 10.0 Å². The molecule has 0 spiro atoms. The Morgan fingerprint density at radius 3 is 2.54 bits per heavy atom. The van der Waals surface area contributed by atoms with Crippen LogP contribution in [0.3, 0.4) is 0 Å². The standard InChI is InChI=1S/C29H30Cl2N2O4/c1-20-15-25(30)28(26(31)16-20)37-14-13-35-24-9-7-21(8-10-24)17-23(18-32)29(34)33-11-12-36-27(19-33)22-5-3-2-4-6-22/h2-3,5,7-12,15-16,19,23H,4,6,13-14,17-18,32H2,1H3. The molecule has 0 bridgehead atoms. The first-order valence-electron chi connectivity index (χ1n) is 12.2. The Kier molecular flexibility index (Phi) is 9.34. The summed E-state index contributed by atoms with van der Waals surface area (Å²) in [4.78, 5) is 14.8. The highest BCUT2D eigenvalue weighted by molar-refractivity contribution is 6.37. The number of amides is 1. The van der Waals surface area contributed by atoms with E-state index in [1.54, 1.807) is 29.4 Å². The Morgan fingerprint density at radius 1 is 1.14 bits per heavy atom. The van der Waals surface area contributed by atoms with Crippen LogP contribution in [0.5, 0.6) is 11.5 Å². The van der Waals surface area contributed by atoms with Gasteiger partial charge in [-0.2, -0.15) is 0 Å². The Balaban J connectivity index is 1.29. The first-order valence-corrected chi connectivity index (χ1v) is 12.9. The third-order valence-electron chi connectivity index (χ3n) is 6.04. The summed E-state index contributed by atoms with van der Waals surface area (Å²) in [5.41, 5.74) is 9.02. The maximum atomic E-state index is 13.2. The summed E-state index contributed by atoms with van der Waals surface area (Å²) in [6.45, 7) is 2.77. The fourth-order valence-corrected chi connectivity index (χ4v) is 4.79. The summed E-state index contributed by atoms with van der Waals surface area (Å²) in [6.07, 6.45) is 13.4. The van der Waals surface area contributed by atoms with E-state index in [9.17, 15) is 4.79 Å². The molecule has 0 saturated carbocycles. The van der Waals surface area contributed by atoms with Gasteiger partial charge in [-0.3, -0.25) is 9.69 Å². The number of nitrogens with zero attached hydrogens (tertiary/aromatic N) is 1. The van der Waals surface area contributed by atoms with Gasteiger partial charge >= 0.3 is 0 Å². The zero-order chi connectivity index (χ0) is 26.2. The van der Waals surface area contributed by atoms with E-state index in [4.69, 9.17) is 43.1 Å². The van der Waals surface area contributed by atoms with E-state index in [0.29, 0.717) is 46.9 Å². The second-order valence-electron chi connectivity index (χ2n) is 8.84. The third-order valence-corrected chi connectivity index (χ3v) is 6.60. The number of nitrogens with two attached hydrogens (primary N) is 1. The number of allylic oxidation sites excluding steroid dienone is 4. The normalized spacial score (nSPS) is 15.5. The van der Waals surface area contributed by atoms with Crippen molar-refractivity contribution < 1.29 is 19.0 Å². The van der Waals surface area contributed by atoms with Crippen LogP contribution in [-0.4, -0.2) is 30.6 Å². The van der Waals surface area contributed by atoms with Crippen LogP contribution in [-0.2, 0) is 16.0 Å². The van der Waals surface area contributed by atoms with Crippen LogP contribution in [0.1, 0.15) is 24.0 Å². The van der Waals surface area contributed by atoms with Gasteiger partial charge in [0.25, 0.3) is 0 Å². The highest BCUT2D eigenvalue weighted by atomic mass is 35.5. The molecule has 2 aromatic carbocycles. The van der Waals surface area contributed by atoms with Crippen molar-refractivity contribution in [3.05, 3.63) is 106 Å². The van der Waals surface area contributed by atoms with Crippen LogP contribution in [0, 0.1) is 12.8 Å². The van der Waals surface area contributed by atoms with Gasteiger partial charge in [0.05, 0.1) is 22.2 Å². The molecule has 1 atom stereocenters. The topological polar surface area (TPSA) is 74.0 Å². The van der Waals surface area contributed by atoms with Crippen molar-refractivity contribution in [2.24, 2.45) is 11.7 Å². The smallest absolute Gasteiger partial charge is 0.235 e. The maximum absolute atomic E-state index is 13.2. The molecule has 8 heteroatoms. The van der Waals surface area contributed by atoms with Crippen LogP contribution < -0.4 is 15.2 Å². The number of rotatable bonds is 10. The van der Waals surface area contributed by atoms with Gasteiger partial charge in [-0.15, -0.1) is 0 Å². The predicted molar refractivity (Wildman–Crippen MR) is 146 cm³/mol. The minimum absolute atomic E-state index is 0.0718. The number of halogens is 2. The molecule has 4 rings (SSSR count). The van der Waals surface area contributed by atoms with E-state index in [1.165, 1.54) is 6.26 Å². The number of hydrogen-bond donors (Lipinski definition) is 1. The van der Waals surface area contributed by atoms with E-state index < -0.39 is 0 Å². The van der Waals surface area contributed by atoms with Crippen molar-refractivity contribution in [3.63, 3.8) is 0 Å². The summed E-state index contributed by atoms with van der Waals surface area (Å²) in [5, 5.41) is 0.946. The van der Waals surface area contributed by atoms with Gasteiger partial charge in [0.15, 0.2) is 5.75 Å². The van der Waals surface area contributed by atoms with Crippen molar-refractivity contribution in [3.8, 4) is 11.5 Å². The zero-order valence-corrected chi connectivity index (χ0v) is 22.2. The van der Waals surface area contributed by atoms with Crippen molar-refractivity contribution >= 4 is 29.1 Å². The average molecular weight is 541 g/mol. The minimum atomic E-state index is -0.371. The fraction of sp³-hybridized carbons (Fsp3) is 0.276. The van der Waals surface area contributed by atoms with Gasteiger partial charge in [-0.1, -0.05) is 53.6 Å². The third kappa shape index (κ3) is 7.19. The molecular formula is C29H30Cl2N2O4. The lowest BCUT2D eigenvalue weighted by molar-refractivity contribution is -0.130. The molecule has 6 nitrogen and oxygen atoms in total. The SMILES string of the molecule is Cc1cc(Cl)c(OCCOc2ccc(CC(CN)C(=O)N3C=COC(C4=CC=CCC4)=C3)cc2)c(Cl)c1. The lowest BCUT2D eigenvalue weighted by atomic mass is 9.97. The molecule has 0 aromatic heterocycles. The molecule has 0 radical (unpaired) electrons. The van der Waals surface area contributed by atoms with Gasteiger partial charge < -0.3 is 19.9 Å². The quantitative estimate of drug-likeness (QED) is 0.356. The van der Waals surface area contributed by atoms with Crippen LogP contribution in [0.25, 0.3) is 0 Å². The van der Waals surface area contributed by atoms with E-state index >= 15 is 0 Å². The molecule has 1 heterocycles. The summed E-state index contributed by atoms with van der Waals surface area (Å²) in [7, 11) is 0. The molecule has 2 N–H and O–H groups in total. The van der Waals surface area contributed by atoms with Gasteiger partial charge in [-0.25, -0.2) is 0 Å². The molecule has 0 saturated heterocycles.